The summed E-state index contributed by atoms with van der Waals surface area (Å²) < 4.78 is 21.9. The number of carbonyl (C=O) groups is 1. The van der Waals surface area contributed by atoms with Crippen LogP contribution in [0, 0.1) is 16.3 Å². The van der Waals surface area contributed by atoms with Crippen molar-refractivity contribution in [1.29, 1.82) is 0 Å². The summed E-state index contributed by atoms with van der Waals surface area (Å²) in [7, 11) is 0. The number of halogens is 2. The number of amides is 1. The van der Waals surface area contributed by atoms with E-state index in [1.54, 1.807) is 18.2 Å². The van der Waals surface area contributed by atoms with Crippen LogP contribution < -0.4 is 11.1 Å². The zero-order valence-corrected chi connectivity index (χ0v) is 18.2. The predicted molar refractivity (Wildman–Crippen MR) is 116 cm³/mol. The number of nitrogens with zero attached hydrogens (tertiary/aromatic N) is 2. The van der Waals surface area contributed by atoms with Gasteiger partial charge in [0.25, 0.3) is 5.91 Å². The van der Waals surface area contributed by atoms with E-state index in [4.69, 9.17) is 10.2 Å². The molecule has 1 aromatic carbocycles. The molecule has 1 atom stereocenters. The lowest BCUT2D eigenvalue weighted by Crippen LogP contribution is -2.41. The molecule has 0 saturated heterocycles. The molecule has 0 bridgehead atoms. The zero-order chi connectivity index (χ0) is 20.5. The minimum atomic E-state index is -0.297. The third kappa shape index (κ3) is 4.09. The first kappa shape index (κ1) is 20.1. The molecule has 1 unspecified atom stereocenters. The van der Waals surface area contributed by atoms with Crippen LogP contribution in [0.5, 0.6) is 0 Å². The number of aryl methyl sites for hydroxylation is 3. The van der Waals surface area contributed by atoms with Gasteiger partial charge in [-0.1, -0.05) is 6.07 Å². The number of fused-ring (bicyclic) bond motifs is 3. The second-order valence-electron chi connectivity index (χ2n) is 7.31. The largest absolute Gasteiger partial charge is 0.455 e. The van der Waals surface area contributed by atoms with Crippen LogP contribution in [0.1, 0.15) is 33.9 Å². The van der Waals surface area contributed by atoms with Gasteiger partial charge in [0.2, 0.25) is 0 Å². The second-order valence-corrected chi connectivity index (χ2v) is 8.47. The maximum Gasteiger partial charge on any atom is 0.287 e. The van der Waals surface area contributed by atoms with Gasteiger partial charge < -0.3 is 15.5 Å². The monoisotopic (exact) mass is 508 g/mol. The Kier molecular flexibility index (Phi) is 5.73. The van der Waals surface area contributed by atoms with E-state index in [9.17, 15) is 9.18 Å². The van der Waals surface area contributed by atoms with E-state index in [-0.39, 0.29) is 30.1 Å². The highest BCUT2D eigenvalue weighted by molar-refractivity contribution is 14.1. The van der Waals surface area contributed by atoms with Crippen LogP contribution in [0.25, 0.3) is 11.3 Å². The number of benzene rings is 1. The minimum absolute atomic E-state index is 0.255. The molecule has 0 spiro atoms. The smallest absolute Gasteiger partial charge is 0.287 e. The van der Waals surface area contributed by atoms with Gasteiger partial charge in [-0.2, -0.15) is 5.10 Å². The highest BCUT2D eigenvalue weighted by Crippen LogP contribution is 2.33. The maximum absolute atomic E-state index is 13.5. The third-order valence-corrected chi connectivity index (χ3v) is 6.00. The Hall–Kier alpha value is -2.20. The van der Waals surface area contributed by atoms with Gasteiger partial charge in [-0.05, 0) is 71.7 Å². The van der Waals surface area contributed by atoms with Crippen LogP contribution in [0.3, 0.4) is 0 Å². The Balaban J connectivity index is 1.53. The van der Waals surface area contributed by atoms with E-state index >= 15 is 0 Å². The van der Waals surface area contributed by atoms with Crippen molar-refractivity contribution >= 4 is 28.5 Å². The summed E-state index contributed by atoms with van der Waals surface area (Å²) in [6.07, 6.45) is 4.03. The van der Waals surface area contributed by atoms with Crippen molar-refractivity contribution in [2.45, 2.75) is 38.8 Å². The summed E-state index contributed by atoms with van der Waals surface area (Å²) in [5, 5.41) is 7.37. The van der Waals surface area contributed by atoms with Gasteiger partial charge in [0.15, 0.2) is 5.76 Å². The molecule has 8 heteroatoms. The van der Waals surface area contributed by atoms with E-state index in [2.05, 4.69) is 10.4 Å². The molecule has 3 heterocycles. The molecule has 6 nitrogen and oxygen atoms in total. The summed E-state index contributed by atoms with van der Waals surface area (Å²) in [6.45, 7) is 3.11. The SMILES string of the molecule is Cc1cnn2c1-c1cc(C(=O)NC(CN)Cc3ccc(F)c(I)c3)oc1CCC2. The zero-order valence-electron chi connectivity index (χ0n) is 16.0. The van der Waals surface area contributed by atoms with Gasteiger partial charge in [0, 0.05) is 34.7 Å². The van der Waals surface area contributed by atoms with E-state index in [0.717, 1.165) is 47.5 Å². The van der Waals surface area contributed by atoms with Crippen LogP contribution in [-0.2, 0) is 19.4 Å². The van der Waals surface area contributed by atoms with Crippen molar-refractivity contribution in [3.8, 4) is 11.3 Å². The first-order chi connectivity index (χ1) is 14.0. The molecule has 0 saturated carbocycles. The topological polar surface area (TPSA) is 86.1 Å². The Morgan fingerprint density at radius 1 is 1.45 bits per heavy atom. The first-order valence-corrected chi connectivity index (χ1v) is 10.6. The first-order valence-electron chi connectivity index (χ1n) is 9.56. The Morgan fingerprint density at radius 2 is 2.28 bits per heavy atom. The molecule has 0 aliphatic carbocycles. The highest BCUT2D eigenvalue weighted by Gasteiger charge is 2.25. The molecule has 1 amide bonds. The molecular weight excluding hydrogens is 486 g/mol. The normalized spacial score (nSPS) is 14.1. The molecule has 2 aromatic heterocycles. The molecule has 1 aliphatic heterocycles. The Morgan fingerprint density at radius 3 is 3.03 bits per heavy atom. The number of hydrogen-bond donors (Lipinski definition) is 2. The number of hydrogen-bond acceptors (Lipinski definition) is 4. The lowest BCUT2D eigenvalue weighted by atomic mass is 10.1. The van der Waals surface area contributed by atoms with Crippen molar-refractivity contribution in [3.63, 3.8) is 0 Å². The van der Waals surface area contributed by atoms with E-state index in [0.29, 0.717) is 9.99 Å². The predicted octanol–water partition coefficient (Wildman–Crippen LogP) is 3.44. The van der Waals surface area contributed by atoms with Crippen LogP contribution in [0.15, 0.2) is 34.9 Å². The Bertz CT molecular complexity index is 1060. The number of furan rings is 1. The summed E-state index contributed by atoms with van der Waals surface area (Å²) >= 11 is 1.95. The van der Waals surface area contributed by atoms with Crippen LogP contribution >= 0.6 is 22.6 Å². The molecule has 3 aromatic rings. The molecule has 0 fully saturated rings. The van der Waals surface area contributed by atoms with Gasteiger partial charge in [0.1, 0.15) is 11.6 Å². The van der Waals surface area contributed by atoms with Gasteiger partial charge in [-0.25, -0.2) is 4.39 Å². The van der Waals surface area contributed by atoms with Crippen molar-refractivity contribution in [2.75, 3.05) is 6.54 Å². The minimum Gasteiger partial charge on any atom is -0.455 e. The molecular formula is C21H22FIN4O2. The quantitative estimate of drug-likeness (QED) is 0.518. The molecule has 152 valence electrons. The molecule has 0 radical (unpaired) electrons. The summed E-state index contributed by atoms with van der Waals surface area (Å²) in [6, 6.07) is 6.43. The van der Waals surface area contributed by atoms with Crippen molar-refractivity contribution in [2.24, 2.45) is 5.73 Å². The van der Waals surface area contributed by atoms with Crippen molar-refractivity contribution in [3.05, 3.63) is 62.5 Å². The van der Waals surface area contributed by atoms with E-state index in [1.165, 1.54) is 6.07 Å². The van der Waals surface area contributed by atoms with Crippen LogP contribution in [0.4, 0.5) is 4.39 Å². The van der Waals surface area contributed by atoms with Crippen LogP contribution in [0.2, 0.25) is 0 Å². The average Bonchev–Trinajstić information content (AvgIpc) is 3.23. The lowest BCUT2D eigenvalue weighted by molar-refractivity contribution is 0.0908. The fraction of sp³-hybridized carbons (Fsp3) is 0.333. The number of rotatable bonds is 5. The third-order valence-electron chi connectivity index (χ3n) is 5.17. The van der Waals surface area contributed by atoms with Gasteiger partial charge >= 0.3 is 0 Å². The number of nitrogens with one attached hydrogen (secondary N) is 1. The summed E-state index contributed by atoms with van der Waals surface area (Å²) in [5.74, 6) is 0.537. The van der Waals surface area contributed by atoms with Crippen molar-refractivity contribution in [1.82, 2.24) is 15.1 Å². The standard InChI is InChI=1S/C21H22FIN4O2/c1-12-11-25-27-6-2-3-18-15(20(12)27)9-19(29-18)21(28)26-14(10-24)7-13-4-5-16(22)17(23)8-13/h4-5,8-9,11,14H,2-3,6-7,10,24H2,1H3,(H,26,28). The number of carbonyl (C=O) groups excluding carboxylic acids is 1. The summed E-state index contributed by atoms with van der Waals surface area (Å²) in [4.78, 5) is 12.8. The number of nitrogens with two attached hydrogens (primary N) is 1. The van der Waals surface area contributed by atoms with Crippen LogP contribution in [-0.4, -0.2) is 28.3 Å². The highest BCUT2D eigenvalue weighted by atomic mass is 127. The van der Waals surface area contributed by atoms with E-state index < -0.39 is 0 Å². The fourth-order valence-corrected chi connectivity index (χ4v) is 4.30. The van der Waals surface area contributed by atoms with Gasteiger partial charge in [-0.15, -0.1) is 0 Å². The maximum atomic E-state index is 13.5. The second kappa shape index (κ2) is 8.27. The Labute approximate surface area is 181 Å². The molecule has 3 N–H and O–H groups in total. The molecule has 1 aliphatic rings. The van der Waals surface area contributed by atoms with E-state index in [1.807, 2.05) is 40.4 Å². The molecule has 4 rings (SSSR count). The summed E-state index contributed by atoms with van der Waals surface area (Å²) in [5.41, 5.74) is 9.79. The lowest BCUT2D eigenvalue weighted by Gasteiger charge is -2.16. The average molecular weight is 508 g/mol. The number of aromatic nitrogens is 2. The fourth-order valence-electron chi connectivity index (χ4n) is 3.72. The van der Waals surface area contributed by atoms with Gasteiger partial charge in [0.05, 0.1) is 11.9 Å². The van der Waals surface area contributed by atoms with Crippen molar-refractivity contribution < 1.29 is 13.6 Å². The molecule has 29 heavy (non-hydrogen) atoms. The van der Waals surface area contributed by atoms with Gasteiger partial charge in [-0.3, -0.25) is 9.48 Å².